The van der Waals surface area contributed by atoms with Crippen LogP contribution in [0.4, 0.5) is 11.4 Å². The lowest BCUT2D eigenvalue weighted by atomic mass is 10.2. The molecule has 0 amide bonds. The van der Waals surface area contributed by atoms with Crippen molar-refractivity contribution in [3.63, 3.8) is 0 Å². The average Bonchev–Trinajstić information content (AvgIpc) is 2.60. The molecule has 0 saturated carbocycles. The number of benzene rings is 2. The Morgan fingerprint density at radius 1 is 1.20 bits per heavy atom. The summed E-state index contributed by atoms with van der Waals surface area (Å²) in [6, 6.07) is 10.1. The first-order valence-corrected chi connectivity index (χ1v) is 9.93. The summed E-state index contributed by atoms with van der Waals surface area (Å²) < 4.78 is 12.8. The molecule has 1 N–H and O–H groups in total. The highest BCUT2D eigenvalue weighted by Gasteiger charge is 2.15. The maximum absolute atomic E-state index is 6.49. The van der Waals surface area contributed by atoms with E-state index in [1.54, 1.807) is 7.11 Å². The fourth-order valence-electron chi connectivity index (χ4n) is 2.85. The van der Waals surface area contributed by atoms with Gasteiger partial charge in [-0.25, -0.2) is 0 Å². The summed E-state index contributed by atoms with van der Waals surface area (Å²) in [5.41, 5.74) is 3.08. The quantitative estimate of drug-likeness (QED) is 0.615. The van der Waals surface area contributed by atoms with E-state index < -0.39 is 0 Å². The summed E-state index contributed by atoms with van der Waals surface area (Å²) in [7, 11) is 1.67. The molecular weight excluding hydrogens is 471 g/mol. The zero-order valence-corrected chi connectivity index (χ0v) is 17.7. The Balaban J connectivity index is 1.73. The third-order valence-corrected chi connectivity index (χ3v) is 5.42. The number of ether oxygens (including phenoxy) is 2. The minimum Gasteiger partial charge on any atom is -0.495 e. The van der Waals surface area contributed by atoms with Crippen molar-refractivity contribution in [1.29, 1.82) is 0 Å². The van der Waals surface area contributed by atoms with Crippen LogP contribution in [0.25, 0.3) is 0 Å². The van der Waals surface area contributed by atoms with E-state index in [2.05, 4.69) is 54.2 Å². The van der Waals surface area contributed by atoms with E-state index in [9.17, 15) is 0 Å². The molecule has 2 aromatic rings. The molecule has 0 bridgehead atoms. The Bertz CT molecular complexity index is 752. The van der Waals surface area contributed by atoms with E-state index in [1.807, 2.05) is 18.2 Å². The molecule has 0 unspecified atom stereocenters. The minimum absolute atomic E-state index is 0.633. The van der Waals surface area contributed by atoms with Gasteiger partial charge >= 0.3 is 0 Å². The first-order valence-electron chi connectivity index (χ1n) is 7.96. The second-order valence-corrected chi connectivity index (χ2v) is 7.88. The van der Waals surface area contributed by atoms with Gasteiger partial charge < -0.3 is 19.7 Å². The van der Waals surface area contributed by atoms with Crippen molar-refractivity contribution in [2.45, 2.75) is 6.54 Å². The van der Waals surface area contributed by atoms with Crippen LogP contribution in [0.2, 0.25) is 5.02 Å². The lowest BCUT2D eigenvalue weighted by Gasteiger charge is -2.29. The summed E-state index contributed by atoms with van der Waals surface area (Å²) in [5, 5.41) is 4.16. The van der Waals surface area contributed by atoms with Crippen LogP contribution in [-0.2, 0) is 11.3 Å². The molecule has 1 heterocycles. The fraction of sp³-hybridized carbons (Fsp3) is 0.333. The highest BCUT2D eigenvalue weighted by atomic mass is 79.9. The van der Waals surface area contributed by atoms with Crippen molar-refractivity contribution >= 4 is 54.8 Å². The van der Waals surface area contributed by atoms with Gasteiger partial charge in [0.1, 0.15) is 5.75 Å². The summed E-state index contributed by atoms with van der Waals surface area (Å²) in [6.45, 7) is 3.86. The number of hydrogen-bond donors (Lipinski definition) is 1. The third kappa shape index (κ3) is 4.61. The van der Waals surface area contributed by atoms with E-state index in [1.165, 1.54) is 0 Å². The number of rotatable bonds is 5. The van der Waals surface area contributed by atoms with Gasteiger partial charge in [0.25, 0.3) is 0 Å². The number of nitrogens with one attached hydrogen (secondary N) is 1. The van der Waals surface area contributed by atoms with Crippen LogP contribution in [-0.4, -0.2) is 33.4 Å². The number of anilines is 2. The van der Waals surface area contributed by atoms with Crippen LogP contribution < -0.4 is 15.0 Å². The van der Waals surface area contributed by atoms with Gasteiger partial charge in [-0.1, -0.05) is 27.5 Å². The van der Waals surface area contributed by atoms with Gasteiger partial charge in [-0.05, 0) is 46.3 Å². The Kier molecular flexibility index (Phi) is 6.49. The van der Waals surface area contributed by atoms with Crippen LogP contribution in [0.1, 0.15) is 5.56 Å². The molecule has 134 valence electrons. The van der Waals surface area contributed by atoms with E-state index in [0.717, 1.165) is 63.0 Å². The molecule has 1 saturated heterocycles. The Hall–Kier alpha value is -0.950. The number of halogens is 3. The second kappa shape index (κ2) is 8.62. The molecule has 4 nitrogen and oxygen atoms in total. The van der Waals surface area contributed by atoms with Crippen LogP contribution in [0, 0.1) is 0 Å². The molecule has 0 atom stereocenters. The fourth-order valence-corrected chi connectivity index (χ4v) is 4.62. The van der Waals surface area contributed by atoms with Crippen molar-refractivity contribution in [3.8, 4) is 5.75 Å². The zero-order valence-electron chi connectivity index (χ0n) is 13.8. The first-order chi connectivity index (χ1) is 12.1. The molecule has 7 heteroatoms. The molecule has 0 spiro atoms. The Morgan fingerprint density at radius 2 is 1.96 bits per heavy atom. The average molecular weight is 491 g/mol. The Labute approximate surface area is 169 Å². The van der Waals surface area contributed by atoms with Gasteiger partial charge in [0, 0.05) is 35.4 Å². The van der Waals surface area contributed by atoms with Gasteiger partial charge in [-0.15, -0.1) is 0 Å². The zero-order chi connectivity index (χ0) is 17.8. The van der Waals surface area contributed by atoms with Crippen molar-refractivity contribution in [1.82, 2.24) is 0 Å². The maximum atomic E-state index is 6.49. The molecule has 25 heavy (non-hydrogen) atoms. The molecule has 0 aliphatic carbocycles. The number of nitrogens with zero attached hydrogens (tertiary/aromatic N) is 1. The molecule has 1 fully saturated rings. The van der Waals surface area contributed by atoms with Gasteiger partial charge in [-0.3, -0.25) is 0 Å². The second-order valence-electron chi connectivity index (χ2n) is 5.70. The lowest BCUT2D eigenvalue weighted by molar-refractivity contribution is 0.122. The van der Waals surface area contributed by atoms with E-state index in [4.69, 9.17) is 21.1 Å². The van der Waals surface area contributed by atoms with Crippen molar-refractivity contribution < 1.29 is 9.47 Å². The predicted octanol–water partition coefficient (Wildman–Crippen LogP) is 5.32. The monoisotopic (exact) mass is 488 g/mol. The topological polar surface area (TPSA) is 33.7 Å². The van der Waals surface area contributed by atoms with Crippen LogP contribution >= 0.6 is 43.5 Å². The standard InChI is InChI=1S/C18H19Br2ClN2O2/c1-24-18-12(8-13(19)9-15(18)20)11-22-14-2-3-17(16(21)10-14)23-4-6-25-7-5-23/h2-3,8-10,22H,4-7,11H2,1H3. The van der Waals surface area contributed by atoms with Gasteiger partial charge in [0.15, 0.2) is 0 Å². The summed E-state index contributed by atoms with van der Waals surface area (Å²) in [5.74, 6) is 0.826. The van der Waals surface area contributed by atoms with Crippen molar-refractivity contribution in [2.75, 3.05) is 43.6 Å². The van der Waals surface area contributed by atoms with Crippen LogP contribution in [0.5, 0.6) is 5.75 Å². The first kappa shape index (κ1) is 18.8. The molecule has 1 aliphatic rings. The van der Waals surface area contributed by atoms with E-state index >= 15 is 0 Å². The van der Waals surface area contributed by atoms with Crippen molar-refractivity contribution in [3.05, 3.63) is 49.9 Å². The predicted molar refractivity (Wildman–Crippen MR) is 110 cm³/mol. The van der Waals surface area contributed by atoms with Crippen molar-refractivity contribution in [2.24, 2.45) is 0 Å². The van der Waals surface area contributed by atoms with E-state index in [0.29, 0.717) is 6.54 Å². The molecule has 0 aromatic heterocycles. The molecule has 1 aliphatic heterocycles. The lowest BCUT2D eigenvalue weighted by Crippen LogP contribution is -2.36. The number of morpholine rings is 1. The molecule has 2 aromatic carbocycles. The van der Waals surface area contributed by atoms with E-state index in [-0.39, 0.29) is 0 Å². The minimum atomic E-state index is 0.633. The van der Waals surface area contributed by atoms with Crippen LogP contribution in [0.3, 0.4) is 0 Å². The number of methoxy groups -OCH3 is 1. The highest BCUT2D eigenvalue weighted by molar-refractivity contribution is 9.11. The summed E-state index contributed by atoms with van der Waals surface area (Å²) >= 11 is 13.5. The summed E-state index contributed by atoms with van der Waals surface area (Å²) in [6.07, 6.45) is 0. The smallest absolute Gasteiger partial charge is 0.138 e. The summed E-state index contributed by atoms with van der Waals surface area (Å²) in [4.78, 5) is 2.25. The van der Waals surface area contributed by atoms with Crippen LogP contribution in [0.15, 0.2) is 39.3 Å². The maximum Gasteiger partial charge on any atom is 0.138 e. The third-order valence-electron chi connectivity index (χ3n) is 4.07. The Morgan fingerprint density at radius 3 is 2.64 bits per heavy atom. The number of hydrogen-bond acceptors (Lipinski definition) is 4. The normalized spacial score (nSPS) is 14.5. The van der Waals surface area contributed by atoms with Gasteiger partial charge in [0.05, 0.1) is 35.5 Å². The molecular formula is C18H19Br2ClN2O2. The van der Waals surface area contributed by atoms with Gasteiger partial charge in [-0.2, -0.15) is 0 Å². The van der Waals surface area contributed by atoms with Gasteiger partial charge in [0.2, 0.25) is 0 Å². The SMILES string of the molecule is COc1c(Br)cc(Br)cc1CNc1ccc(N2CCOCC2)c(Cl)c1. The largest absolute Gasteiger partial charge is 0.495 e. The highest BCUT2D eigenvalue weighted by Crippen LogP contribution is 2.34. The molecule has 3 rings (SSSR count). The molecule has 0 radical (unpaired) electrons.